The van der Waals surface area contributed by atoms with Crippen LogP contribution in [-0.4, -0.2) is 67.8 Å². The topological polar surface area (TPSA) is 161 Å². The lowest BCUT2D eigenvalue weighted by Gasteiger charge is -2.43. The molecule has 3 rings (SSSR count). The maximum atomic E-state index is 11.2. The van der Waals surface area contributed by atoms with Crippen molar-refractivity contribution in [1.82, 2.24) is 0 Å². The summed E-state index contributed by atoms with van der Waals surface area (Å²) >= 11 is 0. The minimum absolute atomic E-state index is 0.111. The third-order valence-electron chi connectivity index (χ3n) is 4.42. The highest BCUT2D eigenvalue weighted by Gasteiger charge is 2.50. The highest BCUT2D eigenvalue weighted by atomic mass is 16.5. The van der Waals surface area contributed by atoms with Gasteiger partial charge in [-0.1, -0.05) is 0 Å². The molecule has 1 fully saturated rings. The summed E-state index contributed by atoms with van der Waals surface area (Å²) in [5.74, 6) is -1.61. The van der Waals surface area contributed by atoms with E-state index in [-0.39, 0.29) is 11.3 Å². The number of fused-ring (bicyclic) bond motifs is 1. The average molecular weight is 354 g/mol. The van der Waals surface area contributed by atoms with Crippen molar-refractivity contribution in [2.75, 3.05) is 6.61 Å². The molecule has 0 aliphatic heterocycles. The Balaban J connectivity index is 1.97. The predicted molar refractivity (Wildman–Crippen MR) is 83.2 cm³/mol. The van der Waals surface area contributed by atoms with Crippen molar-refractivity contribution in [2.24, 2.45) is 5.92 Å². The number of phenolic OH excluding ortho intramolecular Hbond substituents is 1. The predicted octanol–water partition coefficient (Wildman–Crippen LogP) is -1.69. The Morgan fingerprint density at radius 2 is 1.68 bits per heavy atom. The van der Waals surface area contributed by atoms with Crippen molar-refractivity contribution < 1.29 is 39.8 Å². The molecule has 1 aromatic carbocycles. The molecule has 1 heterocycles. The van der Waals surface area contributed by atoms with Crippen LogP contribution in [0.2, 0.25) is 0 Å². The Hall–Kier alpha value is -2.17. The minimum Gasteiger partial charge on any atom is -0.504 e. The molecule has 9 nitrogen and oxygen atoms in total. The first-order valence-corrected chi connectivity index (χ1v) is 7.60. The van der Waals surface area contributed by atoms with Crippen LogP contribution in [0, 0.1) is 5.92 Å². The molecule has 0 saturated heterocycles. The second-order valence-corrected chi connectivity index (χ2v) is 6.00. The number of aliphatic hydroxyl groups is 5. The summed E-state index contributed by atoms with van der Waals surface area (Å²) in [5, 5.41) is 59.6. The van der Waals surface area contributed by atoms with E-state index in [1.165, 1.54) is 18.2 Å². The Morgan fingerprint density at radius 3 is 2.36 bits per heavy atom. The summed E-state index contributed by atoms with van der Waals surface area (Å²) in [7, 11) is 0. The molecule has 136 valence electrons. The van der Waals surface area contributed by atoms with Crippen molar-refractivity contribution in [3.05, 3.63) is 34.7 Å². The van der Waals surface area contributed by atoms with Crippen LogP contribution in [0.4, 0.5) is 0 Å². The van der Waals surface area contributed by atoms with Gasteiger partial charge in [-0.15, -0.1) is 0 Å². The number of ether oxygens (including phenoxy) is 1. The highest BCUT2D eigenvalue weighted by molar-refractivity contribution is 5.80. The van der Waals surface area contributed by atoms with E-state index in [1.54, 1.807) is 0 Å². The van der Waals surface area contributed by atoms with E-state index < -0.39 is 54.4 Å². The fraction of sp³-hybridized carbons (Fsp3) is 0.438. The molecule has 1 aromatic heterocycles. The number of hydrogen-bond donors (Lipinski definition) is 6. The third-order valence-corrected chi connectivity index (χ3v) is 4.42. The zero-order valence-corrected chi connectivity index (χ0v) is 12.9. The average Bonchev–Trinajstić information content (AvgIpc) is 2.58. The Kier molecular flexibility index (Phi) is 4.67. The van der Waals surface area contributed by atoms with Crippen LogP contribution in [0.25, 0.3) is 11.0 Å². The van der Waals surface area contributed by atoms with Crippen LogP contribution in [0.1, 0.15) is 0 Å². The van der Waals surface area contributed by atoms with Crippen molar-refractivity contribution in [2.45, 2.75) is 30.5 Å². The first-order valence-electron chi connectivity index (χ1n) is 7.60. The van der Waals surface area contributed by atoms with Crippen LogP contribution in [0.15, 0.2) is 33.5 Å². The molecule has 9 heteroatoms. The number of aliphatic hydroxyl groups excluding tert-OH is 5. The molecular formula is C16H18O9. The number of hydrogen-bond acceptors (Lipinski definition) is 9. The molecule has 6 N–H and O–H groups in total. The van der Waals surface area contributed by atoms with Crippen molar-refractivity contribution in [1.29, 1.82) is 0 Å². The Bertz CT molecular complexity index is 817. The minimum atomic E-state index is -1.69. The number of phenols is 1. The van der Waals surface area contributed by atoms with Crippen molar-refractivity contribution in [3.63, 3.8) is 0 Å². The van der Waals surface area contributed by atoms with E-state index in [9.17, 15) is 35.4 Å². The van der Waals surface area contributed by atoms with E-state index in [2.05, 4.69) is 0 Å². The van der Waals surface area contributed by atoms with Gasteiger partial charge in [0.05, 0.1) is 18.6 Å². The summed E-state index contributed by atoms with van der Waals surface area (Å²) in [4.78, 5) is 11.2. The SMILES string of the molecule is O=c1ccc2cc(O[C@@H]3[C@@H](O)[C@H](O)[C@@H](O)[C@H](O)[C@H]3CO)c(O)cc2o1. The first kappa shape index (κ1) is 17.6. The van der Waals surface area contributed by atoms with Crippen LogP contribution >= 0.6 is 0 Å². The number of benzene rings is 1. The molecule has 1 aliphatic carbocycles. The van der Waals surface area contributed by atoms with Gasteiger partial charge in [0.1, 0.15) is 30.0 Å². The number of aromatic hydroxyl groups is 1. The lowest BCUT2D eigenvalue weighted by atomic mass is 9.78. The summed E-state index contributed by atoms with van der Waals surface area (Å²) in [6.07, 6.45) is -7.78. The Morgan fingerprint density at radius 1 is 1.00 bits per heavy atom. The second-order valence-electron chi connectivity index (χ2n) is 6.00. The van der Waals surface area contributed by atoms with Crippen LogP contribution < -0.4 is 10.4 Å². The summed E-state index contributed by atoms with van der Waals surface area (Å²) < 4.78 is 10.4. The third kappa shape index (κ3) is 3.08. The summed E-state index contributed by atoms with van der Waals surface area (Å²) in [6, 6.07) is 5.12. The van der Waals surface area contributed by atoms with Gasteiger partial charge in [-0.2, -0.15) is 0 Å². The normalized spacial score (nSPS) is 32.7. The maximum Gasteiger partial charge on any atom is 0.336 e. The van der Waals surface area contributed by atoms with Crippen LogP contribution in [0.3, 0.4) is 0 Å². The van der Waals surface area contributed by atoms with Gasteiger partial charge in [0, 0.05) is 17.5 Å². The fourth-order valence-electron chi connectivity index (χ4n) is 2.99. The lowest BCUT2D eigenvalue weighted by Crippen LogP contribution is -2.63. The monoisotopic (exact) mass is 354 g/mol. The standard InChI is InChI=1S/C16H18O9/c17-5-7-12(20)13(21)14(22)15(23)16(7)25-10-3-6-1-2-11(19)24-9(6)4-8(10)18/h1-4,7,12-18,20-23H,5H2/t7-,12-,13+,14-,15+,16+/m1/s1. The van der Waals surface area contributed by atoms with E-state index in [0.29, 0.717) is 5.39 Å². The molecule has 0 unspecified atom stereocenters. The van der Waals surface area contributed by atoms with Gasteiger partial charge in [-0.25, -0.2) is 4.79 Å². The Labute approximate surface area is 141 Å². The van der Waals surface area contributed by atoms with E-state index >= 15 is 0 Å². The molecule has 6 atom stereocenters. The molecule has 2 aromatic rings. The largest absolute Gasteiger partial charge is 0.504 e. The van der Waals surface area contributed by atoms with Gasteiger partial charge < -0.3 is 39.8 Å². The molecule has 0 bridgehead atoms. The molecule has 1 saturated carbocycles. The smallest absolute Gasteiger partial charge is 0.336 e. The van der Waals surface area contributed by atoms with Gasteiger partial charge in [0.25, 0.3) is 0 Å². The first-order chi connectivity index (χ1) is 11.8. The fourth-order valence-corrected chi connectivity index (χ4v) is 2.99. The van der Waals surface area contributed by atoms with Gasteiger partial charge in [0.2, 0.25) is 0 Å². The summed E-state index contributed by atoms with van der Waals surface area (Å²) in [5.41, 5.74) is -0.473. The van der Waals surface area contributed by atoms with Crippen LogP contribution in [0.5, 0.6) is 11.5 Å². The summed E-state index contributed by atoms with van der Waals surface area (Å²) in [6.45, 7) is -0.629. The van der Waals surface area contributed by atoms with Gasteiger partial charge >= 0.3 is 5.63 Å². The zero-order valence-electron chi connectivity index (χ0n) is 12.9. The molecule has 0 amide bonds. The van der Waals surface area contributed by atoms with Crippen molar-refractivity contribution >= 4 is 11.0 Å². The highest BCUT2D eigenvalue weighted by Crippen LogP contribution is 2.36. The van der Waals surface area contributed by atoms with E-state index in [0.717, 1.165) is 6.07 Å². The molecule has 25 heavy (non-hydrogen) atoms. The van der Waals surface area contributed by atoms with Crippen molar-refractivity contribution in [3.8, 4) is 11.5 Å². The quantitative estimate of drug-likeness (QED) is 0.353. The second kappa shape index (κ2) is 6.62. The van der Waals surface area contributed by atoms with Gasteiger partial charge in [-0.05, 0) is 12.1 Å². The zero-order chi connectivity index (χ0) is 18.3. The van der Waals surface area contributed by atoms with Gasteiger partial charge in [-0.3, -0.25) is 0 Å². The lowest BCUT2D eigenvalue weighted by molar-refractivity contribution is -0.203. The van der Waals surface area contributed by atoms with E-state index in [1.807, 2.05) is 0 Å². The van der Waals surface area contributed by atoms with Gasteiger partial charge in [0.15, 0.2) is 11.5 Å². The molecule has 0 spiro atoms. The molecular weight excluding hydrogens is 336 g/mol. The molecule has 1 aliphatic rings. The number of rotatable bonds is 3. The van der Waals surface area contributed by atoms with E-state index in [4.69, 9.17) is 9.15 Å². The molecule has 0 radical (unpaired) electrons. The van der Waals surface area contributed by atoms with Crippen LogP contribution in [-0.2, 0) is 0 Å². The maximum absolute atomic E-state index is 11.2.